The summed E-state index contributed by atoms with van der Waals surface area (Å²) in [6.07, 6.45) is 0. The van der Waals surface area contributed by atoms with E-state index in [1.54, 1.807) is 49.4 Å². The highest BCUT2D eigenvalue weighted by atomic mass is 32.2. The molecule has 0 amide bonds. The summed E-state index contributed by atoms with van der Waals surface area (Å²) in [5.41, 5.74) is 1.27. The van der Waals surface area contributed by atoms with Crippen molar-refractivity contribution in [3.63, 3.8) is 0 Å². The van der Waals surface area contributed by atoms with E-state index < -0.39 is 9.84 Å². The summed E-state index contributed by atoms with van der Waals surface area (Å²) in [7, 11) is -3.27. The van der Waals surface area contributed by atoms with Crippen LogP contribution in [0.4, 0.5) is 5.69 Å². The summed E-state index contributed by atoms with van der Waals surface area (Å²) < 4.78 is 24.0. The molecule has 0 aliphatic heterocycles. The van der Waals surface area contributed by atoms with Crippen molar-refractivity contribution in [2.45, 2.75) is 18.4 Å². The molecule has 0 atom stereocenters. The Morgan fingerprint density at radius 1 is 1.05 bits per heavy atom. The molecule has 0 aromatic heterocycles. The maximum Gasteiger partial charge on any atom is 0.180 e. The lowest BCUT2D eigenvalue weighted by Gasteiger charge is -2.12. The zero-order valence-corrected chi connectivity index (χ0v) is 12.0. The molecule has 106 valence electrons. The Labute approximate surface area is 119 Å². The Morgan fingerprint density at radius 3 is 2.40 bits per heavy atom. The number of hydrogen-bond donors (Lipinski definition) is 2. The van der Waals surface area contributed by atoms with Gasteiger partial charge < -0.3 is 10.4 Å². The van der Waals surface area contributed by atoms with Crippen molar-refractivity contribution >= 4 is 15.5 Å². The Bertz CT molecular complexity index is 696. The topological polar surface area (TPSA) is 66.4 Å². The minimum Gasteiger partial charge on any atom is -0.508 e. The van der Waals surface area contributed by atoms with Gasteiger partial charge in [-0.1, -0.05) is 37.3 Å². The lowest BCUT2D eigenvalue weighted by molar-refractivity contribution is 0.469. The minimum atomic E-state index is -3.27. The Hall–Kier alpha value is -2.01. The first kappa shape index (κ1) is 14.4. The van der Waals surface area contributed by atoms with Gasteiger partial charge in [-0.15, -0.1) is 0 Å². The summed E-state index contributed by atoms with van der Waals surface area (Å²) >= 11 is 0. The van der Waals surface area contributed by atoms with Crippen molar-refractivity contribution in [1.82, 2.24) is 0 Å². The van der Waals surface area contributed by atoms with Crippen molar-refractivity contribution in [2.75, 3.05) is 11.1 Å². The van der Waals surface area contributed by atoms with Gasteiger partial charge in [0.2, 0.25) is 0 Å². The first-order valence-corrected chi connectivity index (χ1v) is 8.02. The molecule has 0 spiro atoms. The van der Waals surface area contributed by atoms with E-state index in [-0.39, 0.29) is 16.4 Å². The van der Waals surface area contributed by atoms with Gasteiger partial charge in [0.1, 0.15) is 5.75 Å². The maximum atomic E-state index is 12.0. The van der Waals surface area contributed by atoms with Gasteiger partial charge >= 0.3 is 0 Å². The van der Waals surface area contributed by atoms with Crippen LogP contribution >= 0.6 is 0 Å². The van der Waals surface area contributed by atoms with E-state index in [1.165, 1.54) is 0 Å². The molecule has 0 saturated heterocycles. The van der Waals surface area contributed by atoms with Crippen molar-refractivity contribution in [3.05, 3.63) is 54.1 Å². The fourth-order valence-electron chi connectivity index (χ4n) is 1.89. The Balaban J connectivity index is 2.25. The van der Waals surface area contributed by atoms with Gasteiger partial charge in [0.25, 0.3) is 0 Å². The number of sulfone groups is 1. The van der Waals surface area contributed by atoms with Gasteiger partial charge in [-0.25, -0.2) is 8.42 Å². The summed E-state index contributed by atoms with van der Waals surface area (Å²) in [4.78, 5) is 0.290. The second-order valence-corrected chi connectivity index (χ2v) is 6.63. The fourth-order valence-corrected chi connectivity index (χ4v) is 2.96. The van der Waals surface area contributed by atoms with E-state index in [2.05, 4.69) is 5.32 Å². The molecule has 0 heterocycles. The molecular weight excluding hydrogens is 274 g/mol. The summed E-state index contributed by atoms with van der Waals surface area (Å²) in [6, 6.07) is 13.8. The smallest absolute Gasteiger partial charge is 0.180 e. The van der Waals surface area contributed by atoms with Crippen molar-refractivity contribution < 1.29 is 13.5 Å². The van der Waals surface area contributed by atoms with Crippen molar-refractivity contribution in [2.24, 2.45) is 0 Å². The molecule has 0 aliphatic carbocycles. The van der Waals surface area contributed by atoms with Crippen LogP contribution in [-0.2, 0) is 16.4 Å². The van der Waals surface area contributed by atoms with Gasteiger partial charge in [0, 0.05) is 12.1 Å². The number of nitrogens with one attached hydrogen (secondary N) is 1. The lowest BCUT2D eigenvalue weighted by Crippen LogP contribution is -2.09. The largest absolute Gasteiger partial charge is 0.508 e. The molecule has 0 unspecified atom stereocenters. The number of hydrogen-bond acceptors (Lipinski definition) is 4. The number of para-hydroxylation sites is 2. The fraction of sp³-hybridized carbons (Fsp3) is 0.200. The Morgan fingerprint density at radius 2 is 1.70 bits per heavy atom. The van der Waals surface area contributed by atoms with Crippen LogP contribution in [0.25, 0.3) is 0 Å². The van der Waals surface area contributed by atoms with E-state index in [0.717, 1.165) is 5.56 Å². The number of phenols is 1. The molecule has 2 aromatic carbocycles. The molecule has 20 heavy (non-hydrogen) atoms. The van der Waals surface area contributed by atoms with E-state index in [1.807, 2.05) is 6.07 Å². The van der Waals surface area contributed by atoms with Gasteiger partial charge in [0.05, 0.1) is 16.3 Å². The van der Waals surface area contributed by atoms with E-state index in [0.29, 0.717) is 12.2 Å². The highest BCUT2D eigenvalue weighted by Gasteiger charge is 2.15. The number of benzene rings is 2. The maximum absolute atomic E-state index is 12.0. The third kappa shape index (κ3) is 3.11. The molecule has 0 fully saturated rings. The predicted octanol–water partition coefficient (Wildman–Crippen LogP) is 2.80. The molecule has 0 saturated carbocycles. The van der Waals surface area contributed by atoms with Crippen molar-refractivity contribution in [1.29, 1.82) is 0 Å². The lowest BCUT2D eigenvalue weighted by atomic mass is 10.2. The second kappa shape index (κ2) is 5.96. The molecule has 2 N–H and O–H groups in total. The number of anilines is 1. The number of phenolic OH excluding ortho intramolecular Hbond substituents is 1. The van der Waals surface area contributed by atoms with E-state index in [9.17, 15) is 13.5 Å². The average Bonchev–Trinajstić information content (AvgIpc) is 2.47. The van der Waals surface area contributed by atoms with Gasteiger partial charge in [0.15, 0.2) is 9.84 Å². The predicted molar refractivity (Wildman–Crippen MR) is 79.6 cm³/mol. The summed E-state index contributed by atoms with van der Waals surface area (Å²) in [5, 5.41) is 12.8. The monoisotopic (exact) mass is 291 g/mol. The molecule has 0 bridgehead atoms. The van der Waals surface area contributed by atoms with Crippen LogP contribution in [0.1, 0.15) is 12.5 Å². The zero-order valence-electron chi connectivity index (χ0n) is 11.2. The molecular formula is C15H17NO3S. The van der Waals surface area contributed by atoms with E-state index >= 15 is 0 Å². The third-order valence-corrected chi connectivity index (χ3v) is 4.85. The van der Waals surface area contributed by atoms with Crippen LogP contribution in [0.3, 0.4) is 0 Å². The SMILES string of the molecule is CCS(=O)(=O)c1ccccc1NCc1ccccc1O. The second-order valence-electron chi connectivity index (χ2n) is 4.38. The highest BCUT2D eigenvalue weighted by Crippen LogP contribution is 2.24. The van der Waals surface area contributed by atoms with E-state index in [4.69, 9.17) is 0 Å². The zero-order chi connectivity index (χ0) is 14.6. The first-order valence-electron chi connectivity index (χ1n) is 6.37. The van der Waals surface area contributed by atoms with Crippen LogP contribution < -0.4 is 5.32 Å². The summed E-state index contributed by atoms with van der Waals surface area (Å²) in [5.74, 6) is 0.248. The molecule has 2 rings (SSSR count). The molecule has 0 radical (unpaired) electrons. The molecule has 0 aliphatic rings. The average molecular weight is 291 g/mol. The van der Waals surface area contributed by atoms with Crippen LogP contribution in [0, 0.1) is 0 Å². The Kier molecular flexibility index (Phi) is 4.29. The minimum absolute atomic E-state index is 0.0578. The highest BCUT2D eigenvalue weighted by molar-refractivity contribution is 7.91. The molecule has 5 heteroatoms. The number of aromatic hydroxyl groups is 1. The van der Waals surface area contributed by atoms with Gasteiger partial charge in [-0.2, -0.15) is 0 Å². The first-order chi connectivity index (χ1) is 9.54. The van der Waals surface area contributed by atoms with Crippen molar-refractivity contribution in [3.8, 4) is 5.75 Å². The van der Waals surface area contributed by atoms with Crippen LogP contribution in [0.2, 0.25) is 0 Å². The number of rotatable bonds is 5. The normalized spacial score (nSPS) is 11.2. The quantitative estimate of drug-likeness (QED) is 0.889. The van der Waals surface area contributed by atoms with Crippen LogP contribution in [-0.4, -0.2) is 19.3 Å². The molecule has 4 nitrogen and oxygen atoms in total. The van der Waals surface area contributed by atoms with Gasteiger partial charge in [-0.05, 0) is 18.2 Å². The van der Waals surface area contributed by atoms with Crippen LogP contribution in [0.15, 0.2) is 53.4 Å². The third-order valence-electron chi connectivity index (χ3n) is 3.06. The summed E-state index contributed by atoms with van der Waals surface area (Å²) in [6.45, 7) is 1.98. The molecule has 2 aromatic rings. The van der Waals surface area contributed by atoms with Gasteiger partial charge in [-0.3, -0.25) is 0 Å². The van der Waals surface area contributed by atoms with Crippen LogP contribution in [0.5, 0.6) is 5.75 Å². The standard InChI is InChI=1S/C15H17NO3S/c1-2-20(18,19)15-10-6-4-8-13(15)16-11-12-7-3-5-9-14(12)17/h3-10,16-17H,2,11H2,1H3.